The number of amides is 1. The maximum Gasteiger partial charge on any atom is 0.251 e. The molecule has 2 N–H and O–H groups in total. The third-order valence-electron chi connectivity index (χ3n) is 4.01. The molecule has 0 radical (unpaired) electrons. The zero-order valence-corrected chi connectivity index (χ0v) is 14.8. The maximum atomic E-state index is 12.3. The lowest BCUT2D eigenvalue weighted by molar-refractivity contribution is 0.0941. The summed E-state index contributed by atoms with van der Waals surface area (Å²) in [6.45, 7) is 3.39. The predicted octanol–water partition coefficient (Wildman–Crippen LogP) is 0.128. The van der Waals surface area contributed by atoms with Gasteiger partial charge < -0.3 is 5.32 Å². The second-order valence-electron chi connectivity index (χ2n) is 5.70. The molecule has 0 spiro atoms. The van der Waals surface area contributed by atoms with Crippen LogP contribution in [-0.4, -0.2) is 47.3 Å². The van der Waals surface area contributed by atoms with Crippen LogP contribution in [0.4, 0.5) is 0 Å². The monoisotopic (exact) mass is 360 g/mol. The van der Waals surface area contributed by atoms with E-state index in [4.69, 9.17) is 0 Å². The van der Waals surface area contributed by atoms with Gasteiger partial charge in [-0.25, -0.2) is 21.6 Å². The number of sulfonamides is 1. The van der Waals surface area contributed by atoms with E-state index in [1.807, 2.05) is 0 Å². The molecule has 1 fully saturated rings. The molecule has 0 unspecified atom stereocenters. The molecular formula is C14H20N2O5S2. The summed E-state index contributed by atoms with van der Waals surface area (Å²) < 4.78 is 49.2. The molecule has 1 aromatic rings. The molecule has 1 aromatic carbocycles. The van der Waals surface area contributed by atoms with Gasteiger partial charge in [0.1, 0.15) is 0 Å². The SMILES string of the molecule is CNS(=O)(=O)c1cc(C(=O)N[C@@H]2CCS(=O)(=O)C2)cc(C)c1C. The molecule has 1 atom stereocenters. The predicted molar refractivity (Wildman–Crippen MR) is 86.7 cm³/mol. The first-order valence-electron chi connectivity index (χ1n) is 7.12. The normalized spacial score (nSPS) is 20.4. The molecule has 1 saturated heterocycles. The second kappa shape index (κ2) is 6.21. The third-order valence-corrected chi connectivity index (χ3v) is 7.32. The Morgan fingerprint density at radius 3 is 2.43 bits per heavy atom. The van der Waals surface area contributed by atoms with Gasteiger partial charge >= 0.3 is 0 Å². The van der Waals surface area contributed by atoms with Gasteiger partial charge in [0, 0.05) is 11.6 Å². The van der Waals surface area contributed by atoms with E-state index >= 15 is 0 Å². The fourth-order valence-electron chi connectivity index (χ4n) is 2.52. The number of benzene rings is 1. The first-order valence-corrected chi connectivity index (χ1v) is 10.4. The number of rotatable bonds is 4. The summed E-state index contributed by atoms with van der Waals surface area (Å²) in [5, 5.41) is 2.66. The van der Waals surface area contributed by atoms with Gasteiger partial charge in [-0.05, 0) is 50.6 Å². The first kappa shape index (κ1) is 17.9. The lowest BCUT2D eigenvalue weighted by atomic mass is 10.1. The lowest BCUT2D eigenvalue weighted by Gasteiger charge is -2.14. The van der Waals surface area contributed by atoms with E-state index in [1.54, 1.807) is 19.9 Å². The maximum absolute atomic E-state index is 12.3. The van der Waals surface area contributed by atoms with Crippen LogP contribution in [0, 0.1) is 13.8 Å². The molecule has 7 nitrogen and oxygen atoms in total. The van der Waals surface area contributed by atoms with Crippen molar-refractivity contribution in [1.29, 1.82) is 0 Å². The van der Waals surface area contributed by atoms with Crippen LogP contribution >= 0.6 is 0 Å². The largest absolute Gasteiger partial charge is 0.348 e. The average Bonchev–Trinajstić information content (AvgIpc) is 2.80. The van der Waals surface area contributed by atoms with E-state index < -0.39 is 31.8 Å². The molecule has 0 aliphatic carbocycles. The molecule has 1 aliphatic rings. The molecule has 0 saturated carbocycles. The van der Waals surface area contributed by atoms with Crippen molar-refractivity contribution >= 4 is 25.8 Å². The van der Waals surface area contributed by atoms with Gasteiger partial charge in [-0.15, -0.1) is 0 Å². The molecule has 1 amide bonds. The lowest BCUT2D eigenvalue weighted by Crippen LogP contribution is -2.35. The van der Waals surface area contributed by atoms with Gasteiger partial charge in [0.15, 0.2) is 9.84 Å². The van der Waals surface area contributed by atoms with E-state index in [0.29, 0.717) is 17.5 Å². The quantitative estimate of drug-likeness (QED) is 0.793. The van der Waals surface area contributed by atoms with Crippen LogP contribution in [0.5, 0.6) is 0 Å². The van der Waals surface area contributed by atoms with Crippen molar-refractivity contribution in [3.8, 4) is 0 Å². The van der Waals surface area contributed by atoms with E-state index in [1.165, 1.54) is 13.1 Å². The van der Waals surface area contributed by atoms with Crippen molar-refractivity contribution in [2.24, 2.45) is 0 Å². The highest BCUT2D eigenvalue weighted by atomic mass is 32.2. The Balaban J connectivity index is 2.32. The molecule has 1 heterocycles. The summed E-state index contributed by atoms with van der Waals surface area (Å²) in [4.78, 5) is 12.4. The minimum atomic E-state index is -3.68. The highest BCUT2D eigenvalue weighted by Gasteiger charge is 2.29. The fourth-order valence-corrected chi connectivity index (χ4v) is 5.26. The molecular weight excluding hydrogens is 340 g/mol. The summed E-state index contributed by atoms with van der Waals surface area (Å²) in [5.74, 6) is -0.488. The smallest absolute Gasteiger partial charge is 0.251 e. The summed E-state index contributed by atoms with van der Waals surface area (Å²) in [7, 11) is -5.47. The van der Waals surface area contributed by atoms with Gasteiger partial charge in [0.05, 0.1) is 16.4 Å². The fraction of sp³-hybridized carbons (Fsp3) is 0.500. The molecule has 23 heavy (non-hydrogen) atoms. The second-order valence-corrected chi connectivity index (χ2v) is 9.78. The average molecular weight is 360 g/mol. The Labute approximate surface area is 136 Å². The van der Waals surface area contributed by atoms with E-state index in [9.17, 15) is 21.6 Å². The summed E-state index contributed by atoms with van der Waals surface area (Å²) in [5.41, 5.74) is 1.44. The highest BCUT2D eigenvalue weighted by molar-refractivity contribution is 7.91. The molecule has 0 aromatic heterocycles. The number of carbonyl (C=O) groups excluding carboxylic acids is 1. The zero-order chi connectivity index (χ0) is 17.4. The zero-order valence-electron chi connectivity index (χ0n) is 13.2. The number of carbonyl (C=O) groups is 1. The van der Waals surface area contributed by atoms with Gasteiger partial charge in [-0.3, -0.25) is 4.79 Å². The Kier molecular flexibility index (Phi) is 4.84. The number of hydrogen-bond acceptors (Lipinski definition) is 5. The van der Waals surface area contributed by atoms with Crippen molar-refractivity contribution in [3.05, 3.63) is 28.8 Å². The third kappa shape index (κ3) is 3.91. The number of aryl methyl sites for hydroxylation is 1. The van der Waals surface area contributed by atoms with Crippen molar-refractivity contribution in [3.63, 3.8) is 0 Å². The van der Waals surface area contributed by atoms with Gasteiger partial charge in [-0.2, -0.15) is 0 Å². The number of hydrogen-bond donors (Lipinski definition) is 2. The van der Waals surface area contributed by atoms with Crippen LogP contribution < -0.4 is 10.0 Å². The van der Waals surface area contributed by atoms with Crippen LogP contribution in [0.1, 0.15) is 27.9 Å². The van der Waals surface area contributed by atoms with Crippen LogP contribution in [0.25, 0.3) is 0 Å². The van der Waals surface area contributed by atoms with Crippen LogP contribution in [0.15, 0.2) is 17.0 Å². The highest BCUT2D eigenvalue weighted by Crippen LogP contribution is 2.21. The Hall–Kier alpha value is -1.45. The van der Waals surface area contributed by atoms with Gasteiger partial charge in [0.25, 0.3) is 5.91 Å². The molecule has 128 valence electrons. The van der Waals surface area contributed by atoms with Crippen LogP contribution in [0.3, 0.4) is 0 Å². The van der Waals surface area contributed by atoms with Gasteiger partial charge in [0.2, 0.25) is 10.0 Å². The van der Waals surface area contributed by atoms with Crippen LogP contribution in [-0.2, 0) is 19.9 Å². The molecule has 9 heteroatoms. The van der Waals surface area contributed by atoms with Crippen molar-refractivity contribution in [2.75, 3.05) is 18.6 Å². The topological polar surface area (TPSA) is 109 Å². The number of sulfone groups is 1. The molecule has 0 bridgehead atoms. The van der Waals surface area contributed by atoms with E-state index in [2.05, 4.69) is 10.0 Å². The van der Waals surface area contributed by atoms with Crippen molar-refractivity contribution in [1.82, 2.24) is 10.0 Å². The molecule has 1 aliphatic heterocycles. The standard InChI is InChI=1S/C14H20N2O5S2/c1-9-6-11(7-13(10(9)2)23(20,21)15-3)14(17)16-12-4-5-22(18,19)8-12/h6-7,12,15H,4-5,8H2,1-3H3,(H,16,17)/t12-/m1/s1. The molecule has 2 rings (SSSR count). The van der Waals surface area contributed by atoms with Gasteiger partial charge in [-0.1, -0.05) is 0 Å². The minimum Gasteiger partial charge on any atom is -0.348 e. The first-order chi connectivity index (χ1) is 10.6. The summed E-state index contributed by atoms with van der Waals surface area (Å²) in [6, 6.07) is 2.48. The Morgan fingerprint density at radius 2 is 1.91 bits per heavy atom. The van der Waals surface area contributed by atoms with Crippen LogP contribution in [0.2, 0.25) is 0 Å². The minimum absolute atomic E-state index is 0.0455. The van der Waals surface area contributed by atoms with Crippen molar-refractivity contribution in [2.45, 2.75) is 31.2 Å². The Morgan fingerprint density at radius 1 is 1.26 bits per heavy atom. The summed E-state index contributed by atoms with van der Waals surface area (Å²) >= 11 is 0. The van der Waals surface area contributed by atoms with Crippen molar-refractivity contribution < 1.29 is 21.6 Å². The number of nitrogens with one attached hydrogen (secondary N) is 2. The summed E-state index contributed by atoms with van der Waals surface area (Å²) in [6.07, 6.45) is 0.376. The Bertz CT molecular complexity index is 844. The van der Waals surface area contributed by atoms with E-state index in [0.717, 1.165) is 0 Å². The van der Waals surface area contributed by atoms with E-state index in [-0.39, 0.29) is 22.0 Å².